The molecule has 2 atom stereocenters. The molecule has 2 rings (SSSR count). The number of carboxylic acid groups (broad SMARTS) is 1. The second-order valence-electron chi connectivity index (χ2n) is 4.42. The second-order valence-corrected chi connectivity index (χ2v) is 4.42. The highest BCUT2D eigenvalue weighted by Gasteiger charge is 2.31. The van der Waals surface area contributed by atoms with Crippen molar-refractivity contribution in [1.29, 1.82) is 5.26 Å². The Hall–Kier alpha value is -2.06. The van der Waals surface area contributed by atoms with Crippen LogP contribution in [0.3, 0.4) is 0 Å². The molecule has 0 saturated carbocycles. The van der Waals surface area contributed by atoms with Gasteiger partial charge in [0.2, 0.25) is 0 Å². The van der Waals surface area contributed by atoms with E-state index in [9.17, 15) is 9.90 Å². The van der Waals surface area contributed by atoms with E-state index in [-0.39, 0.29) is 12.6 Å². The average Bonchev–Trinajstić information content (AvgIpc) is 2.39. The van der Waals surface area contributed by atoms with Gasteiger partial charge in [-0.25, -0.2) is 4.79 Å². The van der Waals surface area contributed by atoms with Crippen molar-refractivity contribution >= 4 is 6.09 Å². The molecule has 1 aliphatic rings. The van der Waals surface area contributed by atoms with Crippen LogP contribution >= 0.6 is 0 Å². The van der Waals surface area contributed by atoms with Crippen LogP contribution in [0.2, 0.25) is 0 Å². The zero-order chi connectivity index (χ0) is 13.1. The summed E-state index contributed by atoms with van der Waals surface area (Å²) in [6.07, 6.45) is -0.424. The lowest BCUT2D eigenvalue weighted by Gasteiger charge is -2.36. The number of piperidine rings is 1. The van der Waals surface area contributed by atoms with Crippen LogP contribution in [0.4, 0.5) is 4.79 Å². The third-order valence-electron chi connectivity index (χ3n) is 3.23. The van der Waals surface area contributed by atoms with Gasteiger partial charge < -0.3 is 10.2 Å². The Morgan fingerprint density at radius 1 is 1.33 bits per heavy atom. The highest BCUT2D eigenvalue weighted by molar-refractivity contribution is 5.66. The molecular weight excluding hydrogens is 232 g/mol. The smallest absolute Gasteiger partial charge is 0.407 e. The molecule has 1 aliphatic heterocycles. The first-order valence-electron chi connectivity index (χ1n) is 5.79. The number of nitrogens with zero attached hydrogens (tertiary/aromatic N) is 2. The van der Waals surface area contributed by atoms with Gasteiger partial charge in [-0.15, -0.1) is 0 Å². The van der Waals surface area contributed by atoms with Gasteiger partial charge in [0.25, 0.3) is 0 Å². The van der Waals surface area contributed by atoms with Crippen molar-refractivity contribution in [2.75, 3.05) is 6.54 Å². The molecule has 2 unspecified atom stereocenters. The van der Waals surface area contributed by atoms with Crippen LogP contribution < -0.4 is 0 Å². The minimum Gasteiger partial charge on any atom is -0.465 e. The molecule has 0 radical (unpaired) electrons. The van der Waals surface area contributed by atoms with Gasteiger partial charge >= 0.3 is 6.09 Å². The summed E-state index contributed by atoms with van der Waals surface area (Å²) in [5.74, 6) is 0. The maximum absolute atomic E-state index is 11.2. The normalized spacial score (nSPS) is 23.4. The van der Waals surface area contributed by atoms with E-state index < -0.39 is 12.2 Å². The molecule has 5 nitrogen and oxygen atoms in total. The number of rotatable bonds is 1. The first-order chi connectivity index (χ1) is 8.61. The highest BCUT2D eigenvalue weighted by Crippen LogP contribution is 2.31. The number of amides is 1. The first-order valence-corrected chi connectivity index (χ1v) is 5.79. The molecule has 0 aromatic heterocycles. The number of hydrogen-bond donors (Lipinski definition) is 2. The standard InChI is InChI=1S/C13H14N2O3/c14-7-9-1-3-10(4-2-9)12-6-5-11(16)8-15(12)13(17)18/h1-4,11-12,16H,5-6,8H2,(H,17,18). The van der Waals surface area contributed by atoms with Crippen LogP contribution in [0.5, 0.6) is 0 Å². The molecule has 0 bridgehead atoms. The van der Waals surface area contributed by atoms with Gasteiger partial charge in [0.1, 0.15) is 0 Å². The second kappa shape index (κ2) is 5.07. The minimum atomic E-state index is -1.02. The Morgan fingerprint density at radius 3 is 2.56 bits per heavy atom. The number of hydrogen-bond acceptors (Lipinski definition) is 3. The van der Waals surface area contributed by atoms with Crippen molar-refractivity contribution < 1.29 is 15.0 Å². The van der Waals surface area contributed by atoms with E-state index in [2.05, 4.69) is 0 Å². The van der Waals surface area contributed by atoms with E-state index in [1.54, 1.807) is 24.3 Å². The summed E-state index contributed by atoms with van der Waals surface area (Å²) < 4.78 is 0. The molecule has 5 heteroatoms. The lowest BCUT2D eigenvalue weighted by Crippen LogP contribution is -2.43. The molecule has 1 aromatic rings. The number of benzene rings is 1. The molecule has 1 aromatic carbocycles. The molecule has 18 heavy (non-hydrogen) atoms. The fraction of sp³-hybridized carbons (Fsp3) is 0.385. The summed E-state index contributed by atoms with van der Waals surface area (Å²) in [7, 11) is 0. The fourth-order valence-corrected chi connectivity index (χ4v) is 2.29. The number of nitriles is 1. The monoisotopic (exact) mass is 246 g/mol. The summed E-state index contributed by atoms with van der Waals surface area (Å²) in [5, 5.41) is 27.4. The fourth-order valence-electron chi connectivity index (χ4n) is 2.29. The Morgan fingerprint density at radius 2 is 2.00 bits per heavy atom. The zero-order valence-corrected chi connectivity index (χ0v) is 9.78. The molecule has 1 amide bonds. The van der Waals surface area contributed by atoms with Crippen LogP contribution in [-0.4, -0.2) is 33.9 Å². The van der Waals surface area contributed by atoms with Gasteiger partial charge in [-0.3, -0.25) is 4.90 Å². The zero-order valence-electron chi connectivity index (χ0n) is 9.78. The molecule has 0 aliphatic carbocycles. The predicted octanol–water partition coefficient (Wildman–Crippen LogP) is 1.73. The van der Waals surface area contributed by atoms with E-state index in [1.165, 1.54) is 4.90 Å². The molecule has 1 saturated heterocycles. The Balaban J connectivity index is 2.24. The Bertz CT molecular complexity index is 478. The molecule has 0 spiro atoms. The van der Waals surface area contributed by atoms with E-state index in [1.807, 2.05) is 6.07 Å². The summed E-state index contributed by atoms with van der Waals surface area (Å²) in [6, 6.07) is 8.70. The molecular formula is C13H14N2O3. The minimum absolute atomic E-state index is 0.139. The van der Waals surface area contributed by atoms with Crippen LogP contribution in [-0.2, 0) is 0 Å². The third kappa shape index (κ3) is 2.44. The lowest BCUT2D eigenvalue weighted by molar-refractivity contribution is 0.0366. The van der Waals surface area contributed by atoms with Crippen molar-refractivity contribution in [1.82, 2.24) is 4.90 Å². The van der Waals surface area contributed by atoms with Crippen molar-refractivity contribution in [2.45, 2.75) is 25.0 Å². The number of aliphatic hydroxyl groups is 1. The number of β-amino-alcohol motifs (C(OH)–C–C–N with tert-alkyl or cyclic N) is 1. The molecule has 1 fully saturated rings. The van der Waals surface area contributed by atoms with Crippen LogP contribution in [0.25, 0.3) is 0 Å². The predicted molar refractivity (Wildman–Crippen MR) is 63.9 cm³/mol. The first kappa shape index (κ1) is 12.4. The Labute approximate surface area is 105 Å². The van der Waals surface area contributed by atoms with Gasteiger partial charge in [-0.2, -0.15) is 5.26 Å². The third-order valence-corrected chi connectivity index (χ3v) is 3.23. The van der Waals surface area contributed by atoms with E-state index in [0.29, 0.717) is 18.4 Å². The van der Waals surface area contributed by atoms with Gasteiger partial charge in [0.05, 0.1) is 30.3 Å². The topological polar surface area (TPSA) is 84.6 Å². The number of aliphatic hydroxyl groups excluding tert-OH is 1. The molecule has 1 heterocycles. The van der Waals surface area contributed by atoms with Crippen LogP contribution in [0, 0.1) is 11.3 Å². The summed E-state index contributed by atoms with van der Waals surface area (Å²) in [6.45, 7) is 0.139. The van der Waals surface area contributed by atoms with Gasteiger partial charge in [-0.1, -0.05) is 12.1 Å². The maximum atomic E-state index is 11.2. The van der Waals surface area contributed by atoms with E-state index in [0.717, 1.165) is 5.56 Å². The number of carbonyl (C=O) groups is 1. The van der Waals surface area contributed by atoms with E-state index >= 15 is 0 Å². The largest absolute Gasteiger partial charge is 0.465 e. The summed E-state index contributed by atoms with van der Waals surface area (Å²) >= 11 is 0. The quantitative estimate of drug-likeness (QED) is 0.790. The van der Waals surface area contributed by atoms with E-state index in [4.69, 9.17) is 10.4 Å². The summed E-state index contributed by atoms with van der Waals surface area (Å²) in [4.78, 5) is 12.4. The maximum Gasteiger partial charge on any atom is 0.407 e. The van der Waals surface area contributed by atoms with Crippen LogP contribution in [0.1, 0.15) is 30.0 Å². The van der Waals surface area contributed by atoms with Crippen molar-refractivity contribution in [2.24, 2.45) is 0 Å². The van der Waals surface area contributed by atoms with Crippen molar-refractivity contribution in [3.63, 3.8) is 0 Å². The van der Waals surface area contributed by atoms with Gasteiger partial charge in [-0.05, 0) is 30.5 Å². The molecule has 2 N–H and O–H groups in total. The van der Waals surface area contributed by atoms with Gasteiger partial charge in [0.15, 0.2) is 0 Å². The highest BCUT2D eigenvalue weighted by atomic mass is 16.4. The summed E-state index contributed by atoms with van der Waals surface area (Å²) in [5.41, 5.74) is 1.42. The van der Waals surface area contributed by atoms with Crippen molar-refractivity contribution in [3.05, 3.63) is 35.4 Å². The Kier molecular flexibility index (Phi) is 3.49. The number of likely N-dealkylation sites (tertiary alicyclic amines) is 1. The lowest BCUT2D eigenvalue weighted by atomic mass is 9.94. The molecule has 94 valence electrons. The van der Waals surface area contributed by atoms with Gasteiger partial charge in [0, 0.05) is 0 Å². The SMILES string of the molecule is N#Cc1ccc(C2CCC(O)CN2C(=O)O)cc1. The van der Waals surface area contributed by atoms with Crippen molar-refractivity contribution in [3.8, 4) is 6.07 Å². The van der Waals surface area contributed by atoms with Crippen LogP contribution in [0.15, 0.2) is 24.3 Å². The average molecular weight is 246 g/mol.